The van der Waals surface area contributed by atoms with Crippen LogP contribution in [0, 0.1) is 23.5 Å². The number of halogens is 3. The molecule has 3 atom stereocenters. The summed E-state index contributed by atoms with van der Waals surface area (Å²) in [7, 11) is 3.58. The van der Waals surface area contributed by atoms with Gasteiger partial charge in [0, 0.05) is 44.3 Å². The highest BCUT2D eigenvalue weighted by Gasteiger charge is 2.43. The highest BCUT2D eigenvalue weighted by atomic mass is 19.1. The number of likely N-dealkylation sites (N-methyl/N-ethyl adjacent to an activating group) is 1. The number of nitrogens with one attached hydrogen (secondary N) is 1. The summed E-state index contributed by atoms with van der Waals surface area (Å²) in [5, 5.41) is 15.3. The number of methoxy groups -OCH3 is 1. The molecule has 1 heterocycles. The number of aliphatic hydroxyl groups is 1. The molecule has 1 aliphatic carbocycles. The largest absolute Gasteiger partial charge is 0.385 e. The van der Waals surface area contributed by atoms with Gasteiger partial charge < -0.3 is 15.2 Å². The minimum atomic E-state index is -1.44. The smallest absolute Gasteiger partial charge is 0.129 e. The molecule has 0 aromatic heterocycles. The summed E-state index contributed by atoms with van der Waals surface area (Å²) < 4.78 is 47.8. The Bertz CT molecular complexity index is 745. The van der Waals surface area contributed by atoms with Gasteiger partial charge in [-0.3, -0.25) is 4.90 Å². The average Bonchev–Trinajstić information content (AvgIpc) is 2.84. The Labute approximate surface area is 203 Å². The molecule has 1 aromatic rings. The lowest BCUT2D eigenvalue weighted by atomic mass is 9.73. The van der Waals surface area contributed by atoms with Gasteiger partial charge in [-0.05, 0) is 102 Å². The van der Waals surface area contributed by atoms with Crippen molar-refractivity contribution < 1.29 is 23.0 Å². The van der Waals surface area contributed by atoms with Crippen molar-refractivity contribution in [3.05, 3.63) is 35.4 Å². The monoisotopic (exact) mass is 484 g/mol. The van der Waals surface area contributed by atoms with Crippen molar-refractivity contribution >= 4 is 0 Å². The number of likely N-dealkylation sites (tertiary alicyclic amines) is 1. The molecule has 0 spiro atoms. The van der Waals surface area contributed by atoms with Crippen LogP contribution in [0.15, 0.2) is 18.2 Å². The van der Waals surface area contributed by atoms with Crippen molar-refractivity contribution in [1.29, 1.82) is 0 Å². The Balaban J connectivity index is 1.78. The molecule has 0 radical (unpaired) electrons. The van der Waals surface area contributed by atoms with Gasteiger partial charge in [-0.15, -0.1) is 0 Å². The summed E-state index contributed by atoms with van der Waals surface area (Å²) in [5.41, 5.74) is -1.36. The van der Waals surface area contributed by atoms with Gasteiger partial charge in [0.2, 0.25) is 0 Å². The topological polar surface area (TPSA) is 44.7 Å². The lowest BCUT2D eigenvalue weighted by molar-refractivity contribution is -0.0714. The van der Waals surface area contributed by atoms with Crippen molar-refractivity contribution in [2.45, 2.75) is 82.0 Å². The third kappa shape index (κ3) is 7.19. The number of alkyl halides is 1. The Morgan fingerprint density at radius 1 is 1.18 bits per heavy atom. The van der Waals surface area contributed by atoms with Crippen molar-refractivity contribution in [3.63, 3.8) is 0 Å². The second-order valence-electron chi connectivity index (χ2n) is 10.4. The van der Waals surface area contributed by atoms with Gasteiger partial charge >= 0.3 is 0 Å². The lowest BCUT2D eigenvalue weighted by Gasteiger charge is -2.46. The van der Waals surface area contributed by atoms with Gasteiger partial charge in [-0.2, -0.15) is 0 Å². The van der Waals surface area contributed by atoms with Crippen LogP contribution in [-0.2, 0) is 10.3 Å². The Hall–Kier alpha value is -1.15. The van der Waals surface area contributed by atoms with E-state index in [1.54, 1.807) is 7.11 Å². The standard InChI is InChI=1S/C27H43F3N2O2/c1-31-18-24(16-20-7-9-22(28)10-8-20)32-14-5-6-21(19-32)27(33,13-3-4-15-34-2)25-17-23(29)11-12-26(25)30/h11-12,17,20-22,24,31,33H,3-10,13-16,18-19H2,1-2H3/t20?,21?,22?,24?,27-/m0/s1. The van der Waals surface area contributed by atoms with E-state index in [9.17, 15) is 18.3 Å². The van der Waals surface area contributed by atoms with Gasteiger partial charge in [0.05, 0.1) is 5.60 Å². The molecule has 1 saturated carbocycles. The van der Waals surface area contributed by atoms with Crippen LogP contribution < -0.4 is 5.32 Å². The Morgan fingerprint density at radius 2 is 1.94 bits per heavy atom. The number of hydrogen-bond donors (Lipinski definition) is 2. The Morgan fingerprint density at radius 3 is 2.65 bits per heavy atom. The van der Waals surface area contributed by atoms with Crippen LogP contribution in [-0.4, -0.2) is 62.6 Å². The van der Waals surface area contributed by atoms with Crippen LogP contribution in [0.4, 0.5) is 13.2 Å². The van der Waals surface area contributed by atoms with Crippen molar-refractivity contribution in [2.75, 3.05) is 40.4 Å². The van der Waals surface area contributed by atoms with Crippen LogP contribution in [0.2, 0.25) is 0 Å². The van der Waals surface area contributed by atoms with Crippen molar-refractivity contribution in [1.82, 2.24) is 10.2 Å². The number of rotatable bonds is 12. The van der Waals surface area contributed by atoms with Crippen LogP contribution in [0.5, 0.6) is 0 Å². The molecule has 3 rings (SSSR count). The predicted molar refractivity (Wildman–Crippen MR) is 129 cm³/mol. The normalized spacial score (nSPS) is 26.8. The lowest BCUT2D eigenvalue weighted by Crippen LogP contribution is -2.52. The second kappa shape index (κ2) is 13.2. The molecule has 0 amide bonds. The molecular weight excluding hydrogens is 441 g/mol. The van der Waals surface area contributed by atoms with E-state index in [0.717, 1.165) is 63.7 Å². The zero-order chi connectivity index (χ0) is 24.6. The fourth-order valence-electron chi connectivity index (χ4n) is 6.10. The number of benzene rings is 1. The molecule has 2 fully saturated rings. The van der Waals surface area contributed by atoms with Crippen LogP contribution >= 0.6 is 0 Å². The van der Waals surface area contributed by atoms with Crippen molar-refractivity contribution in [2.24, 2.45) is 11.8 Å². The second-order valence-corrected chi connectivity index (χ2v) is 10.4. The first-order valence-corrected chi connectivity index (χ1v) is 13.1. The fraction of sp³-hybridized carbons (Fsp3) is 0.778. The number of piperidine rings is 1. The van der Waals surface area contributed by atoms with Gasteiger partial charge in [0.15, 0.2) is 0 Å². The van der Waals surface area contributed by atoms with Crippen molar-refractivity contribution in [3.8, 4) is 0 Å². The van der Waals surface area contributed by atoms with E-state index in [1.807, 2.05) is 7.05 Å². The molecule has 7 heteroatoms. The van der Waals surface area contributed by atoms with Gasteiger partial charge in [-0.25, -0.2) is 13.2 Å². The van der Waals surface area contributed by atoms with Crippen LogP contribution in [0.1, 0.15) is 69.8 Å². The average molecular weight is 485 g/mol. The maximum Gasteiger partial charge on any atom is 0.129 e. The van der Waals surface area contributed by atoms with E-state index in [0.29, 0.717) is 44.8 Å². The predicted octanol–water partition coefficient (Wildman–Crippen LogP) is 5.19. The Kier molecular flexibility index (Phi) is 10.7. The molecule has 2 N–H and O–H groups in total. The van der Waals surface area contributed by atoms with Crippen LogP contribution in [0.25, 0.3) is 0 Å². The quantitative estimate of drug-likeness (QED) is 0.401. The zero-order valence-electron chi connectivity index (χ0n) is 20.9. The molecular formula is C27H43F3N2O2. The number of ether oxygens (including phenoxy) is 1. The number of nitrogens with zero attached hydrogens (tertiary/aromatic N) is 1. The summed E-state index contributed by atoms with van der Waals surface area (Å²) in [5.74, 6) is -0.765. The van der Waals surface area contributed by atoms with Gasteiger partial charge in [0.25, 0.3) is 0 Å². The first-order chi connectivity index (χ1) is 16.4. The molecule has 1 saturated heterocycles. The summed E-state index contributed by atoms with van der Waals surface area (Å²) in [6, 6.07) is 3.68. The highest BCUT2D eigenvalue weighted by Crippen LogP contribution is 2.42. The molecule has 1 aliphatic heterocycles. The van der Waals surface area contributed by atoms with E-state index in [1.165, 1.54) is 6.07 Å². The van der Waals surface area contributed by atoms with Crippen LogP contribution in [0.3, 0.4) is 0 Å². The van der Waals surface area contributed by atoms with E-state index in [4.69, 9.17) is 4.74 Å². The van der Waals surface area contributed by atoms with Gasteiger partial charge in [-0.1, -0.05) is 0 Å². The van der Waals surface area contributed by atoms with E-state index in [2.05, 4.69) is 10.2 Å². The summed E-state index contributed by atoms with van der Waals surface area (Å²) >= 11 is 0. The highest BCUT2D eigenvalue weighted by molar-refractivity contribution is 5.26. The number of hydrogen-bond acceptors (Lipinski definition) is 4. The first-order valence-electron chi connectivity index (χ1n) is 13.1. The molecule has 2 unspecified atom stereocenters. The molecule has 2 aliphatic rings. The maximum absolute atomic E-state index is 14.9. The summed E-state index contributed by atoms with van der Waals surface area (Å²) in [4.78, 5) is 2.42. The van der Waals surface area contributed by atoms with E-state index >= 15 is 0 Å². The minimum absolute atomic E-state index is 0.0724. The van der Waals surface area contributed by atoms with E-state index < -0.39 is 23.4 Å². The summed E-state index contributed by atoms with van der Waals surface area (Å²) in [6.45, 7) is 2.96. The number of unbranched alkanes of at least 4 members (excludes halogenated alkanes) is 1. The summed E-state index contributed by atoms with van der Waals surface area (Å²) in [6.07, 6.45) is 6.97. The third-order valence-electron chi connectivity index (χ3n) is 8.02. The minimum Gasteiger partial charge on any atom is -0.385 e. The molecule has 0 bridgehead atoms. The fourth-order valence-corrected chi connectivity index (χ4v) is 6.10. The third-order valence-corrected chi connectivity index (χ3v) is 8.02. The maximum atomic E-state index is 14.9. The SMILES string of the molecule is CNCC(CC1CCC(F)CC1)N1CCCC([C@@](O)(CCCCOC)c2cc(F)ccc2F)C1. The zero-order valence-corrected chi connectivity index (χ0v) is 20.9. The molecule has 34 heavy (non-hydrogen) atoms. The molecule has 1 aromatic carbocycles. The van der Waals surface area contributed by atoms with Gasteiger partial charge in [0.1, 0.15) is 17.8 Å². The molecule has 4 nitrogen and oxygen atoms in total. The first kappa shape index (κ1) is 27.4. The molecule has 194 valence electrons. The van der Waals surface area contributed by atoms with E-state index in [-0.39, 0.29) is 17.5 Å².